The normalized spacial score (nSPS) is 25.6. The fraction of sp³-hybridized carbons (Fsp3) is 0.688. The predicted molar refractivity (Wildman–Crippen MR) is 79.9 cm³/mol. The number of aromatic nitrogens is 1. The maximum Gasteiger partial charge on any atom is 0.415 e. The Hall–Kier alpha value is -1.18. The fourth-order valence-electron chi connectivity index (χ4n) is 3.39. The lowest BCUT2D eigenvalue weighted by Gasteiger charge is -2.42. The van der Waals surface area contributed by atoms with Crippen molar-refractivity contribution in [2.24, 2.45) is 0 Å². The number of hydrogen-bond acceptors (Lipinski definition) is 4. The van der Waals surface area contributed by atoms with Crippen LogP contribution in [-0.2, 0) is 11.3 Å². The number of ether oxygens (including phenoxy) is 1. The number of hydrogen-bond donors (Lipinski definition) is 0. The summed E-state index contributed by atoms with van der Waals surface area (Å²) in [5, 5.41) is 0. The third-order valence-electron chi connectivity index (χ3n) is 4.67. The van der Waals surface area contributed by atoms with Crippen LogP contribution in [0, 0.1) is 0 Å². The third-order valence-corrected chi connectivity index (χ3v) is 4.67. The Morgan fingerprint density at radius 2 is 2.00 bits per heavy atom. The number of likely N-dealkylation sites (tertiary alicyclic amines) is 1. The summed E-state index contributed by atoms with van der Waals surface area (Å²) in [6, 6.07) is 4.20. The summed E-state index contributed by atoms with van der Waals surface area (Å²) in [4.78, 5) is 8.42. The van der Waals surface area contributed by atoms with Crippen LogP contribution in [0.15, 0.2) is 24.5 Å². The van der Waals surface area contributed by atoms with Gasteiger partial charge in [-0.05, 0) is 37.6 Å². The van der Waals surface area contributed by atoms with E-state index >= 15 is 0 Å². The fourth-order valence-corrected chi connectivity index (χ4v) is 3.39. The maximum absolute atomic E-state index is 12.8. The molecule has 0 aromatic carbocycles. The van der Waals surface area contributed by atoms with Crippen LogP contribution in [-0.4, -0.2) is 65.9 Å². The van der Waals surface area contributed by atoms with Crippen LogP contribution in [0.2, 0.25) is 0 Å². The van der Waals surface area contributed by atoms with E-state index < -0.39 is 12.3 Å². The molecule has 0 N–H and O–H groups in total. The minimum absolute atomic E-state index is 0.0310. The van der Waals surface area contributed by atoms with Crippen LogP contribution in [0.5, 0.6) is 0 Å². The first-order valence-electron chi connectivity index (χ1n) is 8.06. The second kappa shape index (κ2) is 7.15. The van der Waals surface area contributed by atoms with Crippen molar-refractivity contribution in [3.63, 3.8) is 0 Å². The van der Waals surface area contributed by atoms with Crippen molar-refractivity contribution in [2.45, 2.75) is 37.7 Å². The molecular formula is C16H22F3N3O. The van der Waals surface area contributed by atoms with Crippen LogP contribution in [0.25, 0.3) is 0 Å². The van der Waals surface area contributed by atoms with Gasteiger partial charge in [-0.25, -0.2) is 0 Å². The van der Waals surface area contributed by atoms with E-state index in [4.69, 9.17) is 4.74 Å². The number of pyridine rings is 1. The molecule has 0 saturated carbocycles. The molecule has 1 atom stereocenters. The summed E-state index contributed by atoms with van der Waals surface area (Å²) < 4.78 is 43.3. The predicted octanol–water partition coefficient (Wildman–Crippen LogP) is 2.31. The second-order valence-electron chi connectivity index (χ2n) is 6.26. The Kier molecular flexibility index (Phi) is 5.18. The smallest absolute Gasteiger partial charge is 0.366 e. The van der Waals surface area contributed by atoms with Gasteiger partial charge in [-0.1, -0.05) is 6.07 Å². The van der Waals surface area contributed by atoms with Crippen LogP contribution < -0.4 is 0 Å². The van der Waals surface area contributed by atoms with E-state index in [9.17, 15) is 13.2 Å². The molecule has 4 nitrogen and oxygen atoms in total. The van der Waals surface area contributed by atoms with Gasteiger partial charge in [-0.15, -0.1) is 0 Å². The van der Waals surface area contributed by atoms with Gasteiger partial charge in [0.1, 0.15) is 0 Å². The summed E-state index contributed by atoms with van der Waals surface area (Å²) in [6.07, 6.45) is -0.465. The first-order chi connectivity index (χ1) is 11.0. The highest BCUT2D eigenvalue weighted by Gasteiger charge is 2.44. The van der Waals surface area contributed by atoms with Gasteiger partial charge in [-0.3, -0.25) is 14.8 Å². The van der Waals surface area contributed by atoms with Crippen molar-refractivity contribution < 1.29 is 17.9 Å². The minimum Gasteiger partial charge on any atom is -0.366 e. The maximum atomic E-state index is 12.8. The van der Waals surface area contributed by atoms with Gasteiger partial charge >= 0.3 is 6.18 Å². The molecule has 0 bridgehead atoms. The van der Waals surface area contributed by atoms with Crippen LogP contribution in [0.4, 0.5) is 13.2 Å². The first kappa shape index (κ1) is 16.7. The number of rotatable bonds is 3. The average molecular weight is 329 g/mol. The summed E-state index contributed by atoms with van der Waals surface area (Å²) in [5.74, 6) is 0. The molecule has 2 aliphatic rings. The largest absolute Gasteiger partial charge is 0.415 e. The molecule has 2 fully saturated rings. The highest BCUT2D eigenvalue weighted by molar-refractivity contribution is 5.08. The molecule has 1 aromatic rings. The van der Waals surface area contributed by atoms with Crippen molar-refractivity contribution in [1.29, 1.82) is 0 Å². The van der Waals surface area contributed by atoms with E-state index in [1.165, 1.54) is 5.56 Å². The number of morpholine rings is 1. The zero-order valence-corrected chi connectivity index (χ0v) is 13.0. The highest BCUT2D eigenvalue weighted by atomic mass is 19.4. The van der Waals surface area contributed by atoms with Crippen molar-refractivity contribution in [3.05, 3.63) is 30.1 Å². The molecule has 0 amide bonds. The Morgan fingerprint density at radius 1 is 1.22 bits per heavy atom. The molecule has 1 aromatic heterocycles. The van der Waals surface area contributed by atoms with Crippen LogP contribution in [0.3, 0.4) is 0 Å². The van der Waals surface area contributed by atoms with E-state index in [2.05, 4.69) is 16.0 Å². The lowest BCUT2D eigenvalue weighted by atomic mass is 10.0. The van der Waals surface area contributed by atoms with Gasteiger partial charge in [0, 0.05) is 38.1 Å². The van der Waals surface area contributed by atoms with E-state index in [1.54, 1.807) is 6.20 Å². The molecule has 1 unspecified atom stereocenters. The van der Waals surface area contributed by atoms with Gasteiger partial charge in [0.2, 0.25) is 0 Å². The van der Waals surface area contributed by atoms with Crippen molar-refractivity contribution in [2.75, 3.05) is 32.8 Å². The number of alkyl halides is 3. The molecule has 128 valence electrons. The van der Waals surface area contributed by atoms with Crippen molar-refractivity contribution >= 4 is 0 Å². The van der Waals surface area contributed by atoms with Crippen molar-refractivity contribution in [3.8, 4) is 0 Å². The number of nitrogens with zero attached hydrogens (tertiary/aromatic N) is 3. The van der Waals surface area contributed by atoms with Crippen LogP contribution >= 0.6 is 0 Å². The molecule has 0 spiro atoms. The topological polar surface area (TPSA) is 28.6 Å². The molecule has 3 rings (SSSR count). The monoisotopic (exact) mass is 329 g/mol. The second-order valence-corrected chi connectivity index (χ2v) is 6.26. The average Bonchev–Trinajstić information content (AvgIpc) is 2.56. The summed E-state index contributed by atoms with van der Waals surface area (Å²) in [6.45, 7) is 3.41. The Labute approximate surface area is 134 Å². The highest BCUT2D eigenvalue weighted by Crippen LogP contribution is 2.28. The lowest BCUT2D eigenvalue weighted by Crippen LogP contribution is -2.54. The van der Waals surface area contributed by atoms with Gasteiger partial charge in [-0.2, -0.15) is 13.2 Å². The molecule has 0 aliphatic carbocycles. The molecule has 2 saturated heterocycles. The zero-order chi connectivity index (χ0) is 16.3. The first-order valence-corrected chi connectivity index (χ1v) is 8.06. The summed E-state index contributed by atoms with van der Waals surface area (Å²) >= 11 is 0. The third kappa shape index (κ3) is 4.43. The molecule has 2 aliphatic heterocycles. The standard InChI is InChI=1S/C16H22F3N3O/c17-16(18,19)15-12-22(8-9-23-15)14-3-6-21(7-4-14)11-13-2-1-5-20-10-13/h1-2,5,10,14-15H,3-4,6-9,11-12H2. The van der Waals surface area contributed by atoms with Gasteiger partial charge < -0.3 is 4.74 Å². The molecule has 0 radical (unpaired) electrons. The number of halogens is 3. The van der Waals surface area contributed by atoms with E-state index in [0.717, 1.165) is 32.5 Å². The van der Waals surface area contributed by atoms with Gasteiger partial charge in [0.25, 0.3) is 0 Å². The minimum atomic E-state index is -4.26. The Morgan fingerprint density at radius 3 is 2.65 bits per heavy atom. The molecule has 3 heterocycles. The molecule has 7 heteroatoms. The summed E-state index contributed by atoms with van der Waals surface area (Å²) in [5.41, 5.74) is 1.18. The van der Waals surface area contributed by atoms with E-state index in [1.807, 2.05) is 17.2 Å². The zero-order valence-electron chi connectivity index (χ0n) is 13.0. The van der Waals surface area contributed by atoms with Crippen molar-refractivity contribution in [1.82, 2.24) is 14.8 Å². The van der Waals surface area contributed by atoms with Gasteiger partial charge in [0.15, 0.2) is 6.10 Å². The van der Waals surface area contributed by atoms with E-state index in [0.29, 0.717) is 6.54 Å². The Balaban J connectivity index is 1.49. The lowest BCUT2D eigenvalue weighted by molar-refractivity contribution is -0.240. The SMILES string of the molecule is FC(F)(F)C1CN(C2CCN(Cc3cccnc3)CC2)CCO1. The van der Waals surface area contributed by atoms with Gasteiger partial charge in [0.05, 0.1) is 6.61 Å². The quantitative estimate of drug-likeness (QED) is 0.851. The van der Waals surface area contributed by atoms with E-state index in [-0.39, 0.29) is 19.2 Å². The molecular weight excluding hydrogens is 307 g/mol. The summed E-state index contributed by atoms with van der Waals surface area (Å²) in [7, 11) is 0. The Bertz CT molecular complexity index is 489. The molecule has 23 heavy (non-hydrogen) atoms. The van der Waals surface area contributed by atoms with Crippen LogP contribution in [0.1, 0.15) is 18.4 Å². The number of piperidine rings is 1.